The number of aryl methyl sites for hydroxylation is 1. The summed E-state index contributed by atoms with van der Waals surface area (Å²) >= 11 is 0. The highest BCUT2D eigenvalue weighted by molar-refractivity contribution is 6.07. The molecule has 1 heterocycles. The maximum atomic E-state index is 13.8. The highest BCUT2D eigenvalue weighted by Crippen LogP contribution is 2.33. The van der Waals surface area contributed by atoms with Gasteiger partial charge in [0, 0.05) is 17.4 Å². The van der Waals surface area contributed by atoms with Gasteiger partial charge in [-0.2, -0.15) is 18.3 Å². The molecule has 0 spiro atoms. The molecule has 0 bridgehead atoms. The van der Waals surface area contributed by atoms with Gasteiger partial charge in [-0.3, -0.25) is 9.89 Å². The second-order valence-corrected chi connectivity index (χ2v) is 5.75. The highest BCUT2D eigenvalue weighted by atomic mass is 19.4. The van der Waals surface area contributed by atoms with Crippen LogP contribution in [0, 0.1) is 18.6 Å². The number of nitrogens with zero attached hydrogens (tertiary/aromatic N) is 1. The topological polar surface area (TPSA) is 57.8 Å². The zero-order chi connectivity index (χ0) is 19.8. The van der Waals surface area contributed by atoms with Crippen LogP contribution >= 0.6 is 0 Å². The summed E-state index contributed by atoms with van der Waals surface area (Å²) in [6, 6.07) is 7.41. The Hall–Kier alpha value is -3.23. The van der Waals surface area contributed by atoms with Gasteiger partial charge in [0.05, 0.1) is 5.56 Å². The van der Waals surface area contributed by atoms with Crippen LogP contribution in [0.1, 0.15) is 21.6 Å². The molecule has 2 aromatic carbocycles. The number of halogens is 5. The van der Waals surface area contributed by atoms with Gasteiger partial charge in [0.1, 0.15) is 11.6 Å². The number of carbonyl (C=O) groups is 1. The quantitative estimate of drug-likeness (QED) is 0.632. The number of carbonyl (C=O) groups excluding carboxylic acids is 1. The number of aromatic nitrogens is 2. The van der Waals surface area contributed by atoms with Gasteiger partial charge in [0.25, 0.3) is 5.91 Å². The van der Waals surface area contributed by atoms with Crippen LogP contribution in [0.3, 0.4) is 0 Å². The van der Waals surface area contributed by atoms with Gasteiger partial charge in [-0.1, -0.05) is 12.1 Å². The van der Waals surface area contributed by atoms with Crippen LogP contribution in [0.4, 0.5) is 27.6 Å². The first kappa shape index (κ1) is 18.6. The van der Waals surface area contributed by atoms with Crippen molar-refractivity contribution in [2.45, 2.75) is 13.1 Å². The summed E-state index contributed by atoms with van der Waals surface area (Å²) in [5.41, 5.74) is -1.30. The summed E-state index contributed by atoms with van der Waals surface area (Å²) in [5.74, 6) is -2.27. The largest absolute Gasteiger partial charge is 0.435 e. The molecule has 0 aliphatic heterocycles. The Morgan fingerprint density at radius 1 is 1.11 bits per heavy atom. The summed E-state index contributed by atoms with van der Waals surface area (Å²) in [6.07, 6.45) is -4.01. The first-order valence-electron chi connectivity index (χ1n) is 7.65. The fourth-order valence-corrected chi connectivity index (χ4v) is 2.49. The molecule has 0 saturated heterocycles. The lowest BCUT2D eigenvalue weighted by atomic mass is 10.0. The maximum absolute atomic E-state index is 13.8. The van der Waals surface area contributed by atoms with Crippen LogP contribution in [-0.4, -0.2) is 16.1 Å². The van der Waals surface area contributed by atoms with Crippen molar-refractivity contribution < 1.29 is 26.7 Å². The van der Waals surface area contributed by atoms with Crippen LogP contribution < -0.4 is 5.32 Å². The van der Waals surface area contributed by atoms with E-state index in [0.29, 0.717) is 5.56 Å². The molecule has 9 heteroatoms. The van der Waals surface area contributed by atoms with E-state index in [1.54, 1.807) is 6.92 Å². The molecule has 0 radical (unpaired) electrons. The Kier molecular flexibility index (Phi) is 4.69. The van der Waals surface area contributed by atoms with Gasteiger partial charge in [-0.05, 0) is 42.3 Å². The molecule has 0 aliphatic carbocycles. The van der Waals surface area contributed by atoms with Crippen molar-refractivity contribution in [3.05, 3.63) is 71.1 Å². The van der Waals surface area contributed by atoms with Gasteiger partial charge >= 0.3 is 6.18 Å². The summed E-state index contributed by atoms with van der Waals surface area (Å²) < 4.78 is 66.2. The average molecular weight is 381 g/mol. The molecule has 0 saturated carbocycles. The molecule has 0 fully saturated rings. The maximum Gasteiger partial charge on any atom is 0.435 e. The van der Waals surface area contributed by atoms with E-state index in [9.17, 15) is 26.7 Å². The fourth-order valence-electron chi connectivity index (χ4n) is 2.49. The lowest BCUT2D eigenvalue weighted by Crippen LogP contribution is -2.18. The van der Waals surface area contributed by atoms with Crippen molar-refractivity contribution in [2.24, 2.45) is 0 Å². The number of nitrogens with one attached hydrogen (secondary N) is 2. The van der Waals surface area contributed by atoms with Crippen molar-refractivity contribution in [3.63, 3.8) is 0 Å². The molecule has 2 N–H and O–H groups in total. The number of rotatable bonds is 3. The standard InChI is InChI=1S/C18H12F5N3O/c1-9-2-3-10(6-14(9)20)12-7-11(19)4-5-15(12)25-17(27)13-8-24-26-16(13)18(21,22)23/h2-8H,1H3,(H,24,26)(H,25,27). The molecular formula is C18H12F5N3O. The Morgan fingerprint density at radius 3 is 2.52 bits per heavy atom. The molecular weight excluding hydrogens is 369 g/mol. The summed E-state index contributed by atoms with van der Waals surface area (Å²) in [6.45, 7) is 1.55. The van der Waals surface area contributed by atoms with Gasteiger partial charge in [0.15, 0.2) is 5.69 Å². The highest BCUT2D eigenvalue weighted by Gasteiger charge is 2.38. The number of H-pyrrole nitrogens is 1. The van der Waals surface area contributed by atoms with Crippen molar-refractivity contribution in [2.75, 3.05) is 5.32 Å². The van der Waals surface area contributed by atoms with Crippen molar-refractivity contribution in [3.8, 4) is 11.1 Å². The monoisotopic (exact) mass is 381 g/mol. The van der Waals surface area contributed by atoms with Gasteiger partial charge in [-0.25, -0.2) is 8.78 Å². The third kappa shape index (κ3) is 3.81. The van der Waals surface area contributed by atoms with E-state index in [0.717, 1.165) is 24.4 Å². The molecule has 0 unspecified atom stereocenters. The summed E-state index contributed by atoms with van der Waals surface area (Å²) in [4.78, 5) is 12.3. The molecule has 0 atom stereocenters. The lowest BCUT2D eigenvalue weighted by Gasteiger charge is -2.13. The molecule has 27 heavy (non-hydrogen) atoms. The lowest BCUT2D eigenvalue weighted by molar-refractivity contribution is -0.141. The smallest absolute Gasteiger partial charge is 0.321 e. The number of hydrogen-bond acceptors (Lipinski definition) is 2. The molecule has 140 valence electrons. The minimum atomic E-state index is -4.82. The second-order valence-electron chi connectivity index (χ2n) is 5.75. The summed E-state index contributed by atoms with van der Waals surface area (Å²) in [5, 5.41) is 7.34. The Morgan fingerprint density at radius 2 is 1.85 bits per heavy atom. The molecule has 0 aliphatic rings. The van der Waals surface area contributed by atoms with Crippen LogP contribution in [0.15, 0.2) is 42.6 Å². The molecule has 1 aromatic heterocycles. The van der Waals surface area contributed by atoms with Crippen LogP contribution in [0.25, 0.3) is 11.1 Å². The Labute approximate surface area is 150 Å². The predicted octanol–water partition coefficient (Wildman–Crippen LogP) is 4.93. The van der Waals surface area contributed by atoms with E-state index in [4.69, 9.17) is 0 Å². The summed E-state index contributed by atoms with van der Waals surface area (Å²) in [7, 11) is 0. The average Bonchev–Trinajstić information content (AvgIpc) is 3.09. The van der Waals surface area contributed by atoms with E-state index < -0.39 is 35.0 Å². The minimum absolute atomic E-state index is 0.0268. The zero-order valence-corrected chi connectivity index (χ0v) is 13.8. The van der Waals surface area contributed by atoms with Crippen LogP contribution in [0.2, 0.25) is 0 Å². The normalized spacial score (nSPS) is 11.5. The predicted molar refractivity (Wildman–Crippen MR) is 88.1 cm³/mol. The van der Waals surface area contributed by atoms with E-state index in [1.165, 1.54) is 18.2 Å². The number of aromatic amines is 1. The van der Waals surface area contributed by atoms with Crippen LogP contribution in [0.5, 0.6) is 0 Å². The Balaban J connectivity index is 2.00. The third-order valence-electron chi connectivity index (χ3n) is 3.87. The van der Waals surface area contributed by atoms with E-state index in [1.807, 2.05) is 5.10 Å². The van der Waals surface area contributed by atoms with E-state index >= 15 is 0 Å². The minimum Gasteiger partial charge on any atom is -0.321 e. The van der Waals surface area contributed by atoms with E-state index in [-0.39, 0.29) is 16.8 Å². The third-order valence-corrected chi connectivity index (χ3v) is 3.87. The second kappa shape index (κ2) is 6.82. The van der Waals surface area contributed by atoms with Crippen LogP contribution in [-0.2, 0) is 6.18 Å². The molecule has 3 aromatic rings. The molecule has 1 amide bonds. The van der Waals surface area contributed by atoms with Gasteiger partial charge in [-0.15, -0.1) is 0 Å². The number of hydrogen-bond donors (Lipinski definition) is 2. The number of amides is 1. The Bertz CT molecular complexity index is 1010. The van der Waals surface area contributed by atoms with Gasteiger partial charge < -0.3 is 5.32 Å². The van der Waals surface area contributed by atoms with Gasteiger partial charge in [0.2, 0.25) is 0 Å². The van der Waals surface area contributed by atoms with E-state index in [2.05, 4.69) is 10.4 Å². The molecule has 3 rings (SSSR count). The van der Waals surface area contributed by atoms with Crippen molar-refractivity contribution in [1.29, 1.82) is 0 Å². The zero-order valence-electron chi connectivity index (χ0n) is 13.8. The first-order chi connectivity index (χ1) is 12.7. The number of benzene rings is 2. The fraction of sp³-hybridized carbons (Fsp3) is 0.111. The SMILES string of the molecule is Cc1ccc(-c2cc(F)ccc2NC(=O)c2c[nH]nc2C(F)(F)F)cc1F. The van der Waals surface area contributed by atoms with Crippen molar-refractivity contribution >= 4 is 11.6 Å². The van der Waals surface area contributed by atoms with Crippen molar-refractivity contribution in [1.82, 2.24) is 10.2 Å². The number of alkyl halides is 3. The number of anilines is 1. The first-order valence-corrected chi connectivity index (χ1v) is 7.65. The molecule has 4 nitrogen and oxygen atoms in total.